The number of cyclic esters (lactones) is 1. The third-order valence-electron chi connectivity index (χ3n) is 6.22. The fraction of sp³-hybridized carbons (Fsp3) is 0.103. The number of anilines is 1. The van der Waals surface area contributed by atoms with E-state index in [-0.39, 0.29) is 6.54 Å². The molecule has 1 aliphatic rings. The van der Waals surface area contributed by atoms with Gasteiger partial charge in [-0.05, 0) is 66.6 Å². The van der Waals surface area contributed by atoms with Gasteiger partial charge in [-0.1, -0.05) is 30.3 Å². The molecule has 0 aliphatic carbocycles. The van der Waals surface area contributed by atoms with E-state index in [4.69, 9.17) is 4.74 Å². The Labute approximate surface area is 211 Å². The summed E-state index contributed by atoms with van der Waals surface area (Å²) in [7, 11) is 0. The Balaban J connectivity index is 1.76. The molecule has 3 aromatic carbocycles. The van der Waals surface area contributed by atoms with E-state index in [0.29, 0.717) is 44.9 Å². The average molecular weight is 501 g/mol. The Morgan fingerprint density at radius 2 is 1.54 bits per heavy atom. The van der Waals surface area contributed by atoms with E-state index in [1.165, 1.54) is 30.3 Å². The second-order valence-corrected chi connectivity index (χ2v) is 8.61. The van der Waals surface area contributed by atoms with Crippen molar-refractivity contribution in [3.8, 4) is 22.4 Å². The molecule has 1 aromatic heterocycles. The van der Waals surface area contributed by atoms with Crippen molar-refractivity contribution in [2.45, 2.75) is 19.8 Å². The lowest BCUT2D eigenvalue weighted by atomic mass is 9.96. The topological polar surface area (TPSA) is 80.6 Å². The van der Waals surface area contributed by atoms with Crippen LogP contribution in [-0.4, -0.2) is 27.8 Å². The van der Waals surface area contributed by atoms with Gasteiger partial charge in [-0.3, -0.25) is 4.79 Å². The van der Waals surface area contributed by atoms with Crippen molar-refractivity contribution in [2.24, 2.45) is 0 Å². The lowest BCUT2D eigenvalue weighted by Gasteiger charge is -2.15. The van der Waals surface area contributed by atoms with E-state index in [1.807, 2.05) is 6.07 Å². The normalized spacial score (nSPS) is 14.9. The van der Waals surface area contributed by atoms with Crippen LogP contribution in [-0.2, 0) is 16.1 Å². The van der Waals surface area contributed by atoms with Crippen molar-refractivity contribution < 1.29 is 28.2 Å². The van der Waals surface area contributed by atoms with Crippen molar-refractivity contribution in [1.29, 1.82) is 0 Å². The molecule has 1 unspecified atom stereocenters. The van der Waals surface area contributed by atoms with Crippen LogP contribution in [0.5, 0.6) is 0 Å². The van der Waals surface area contributed by atoms with E-state index < -0.39 is 29.8 Å². The summed E-state index contributed by atoms with van der Waals surface area (Å²) in [5, 5.41) is 13.1. The first-order chi connectivity index (χ1) is 17.8. The molecule has 1 atom stereocenters. The molecule has 1 aliphatic heterocycles. The van der Waals surface area contributed by atoms with Gasteiger partial charge in [0.05, 0.1) is 17.8 Å². The number of aliphatic hydroxyl groups is 1. The number of halogens is 2. The first-order valence-electron chi connectivity index (χ1n) is 11.5. The van der Waals surface area contributed by atoms with E-state index >= 15 is 0 Å². The summed E-state index contributed by atoms with van der Waals surface area (Å²) in [6.45, 7) is 1.77. The lowest BCUT2D eigenvalue weighted by Crippen LogP contribution is -2.16. The molecule has 1 amide bonds. The van der Waals surface area contributed by atoms with Crippen LogP contribution < -0.4 is 5.32 Å². The number of nitrogens with one attached hydrogen (secondary N) is 1. The number of carbonyl (C=O) groups excluding carboxylic acids is 2. The van der Waals surface area contributed by atoms with Gasteiger partial charge in [-0.15, -0.1) is 0 Å². The number of amides is 1. The molecule has 4 aromatic rings. The van der Waals surface area contributed by atoms with Gasteiger partial charge in [0.2, 0.25) is 6.29 Å². The SMILES string of the molecule is Cc1c(C(=O)Nc2ccccc2)c(-c2ccc(F)cc2)c(-c2ccc(F)cc2)n1CC1=CC(=O)OC1O. The average Bonchev–Trinajstić information content (AvgIpc) is 3.35. The summed E-state index contributed by atoms with van der Waals surface area (Å²) in [6.07, 6.45) is -0.217. The van der Waals surface area contributed by atoms with Crippen LogP contribution in [0.3, 0.4) is 0 Å². The Kier molecular flexibility index (Phi) is 6.42. The Hall–Kier alpha value is -4.56. The predicted molar refractivity (Wildman–Crippen MR) is 135 cm³/mol. The van der Waals surface area contributed by atoms with Gasteiger partial charge in [0.1, 0.15) is 11.6 Å². The highest BCUT2D eigenvalue weighted by Crippen LogP contribution is 2.40. The number of nitrogens with zero attached hydrogens (tertiary/aromatic N) is 1. The van der Waals surface area contributed by atoms with Gasteiger partial charge in [0, 0.05) is 28.6 Å². The number of carbonyl (C=O) groups is 2. The van der Waals surface area contributed by atoms with Crippen molar-refractivity contribution in [3.63, 3.8) is 0 Å². The molecule has 0 fully saturated rings. The van der Waals surface area contributed by atoms with Crippen LogP contribution in [0.4, 0.5) is 14.5 Å². The fourth-order valence-electron chi connectivity index (χ4n) is 4.48. The molecule has 2 N–H and O–H groups in total. The van der Waals surface area contributed by atoms with E-state index in [9.17, 15) is 23.5 Å². The Morgan fingerprint density at radius 3 is 2.11 bits per heavy atom. The second kappa shape index (κ2) is 9.83. The quantitative estimate of drug-likeness (QED) is 0.345. The van der Waals surface area contributed by atoms with Crippen LogP contribution in [0.1, 0.15) is 16.1 Å². The second-order valence-electron chi connectivity index (χ2n) is 8.61. The number of rotatable bonds is 6. The smallest absolute Gasteiger partial charge is 0.333 e. The highest BCUT2D eigenvalue weighted by molar-refractivity contribution is 6.12. The van der Waals surface area contributed by atoms with Crippen molar-refractivity contribution in [3.05, 3.63) is 113 Å². The Bertz CT molecular complexity index is 1510. The van der Waals surface area contributed by atoms with Crippen molar-refractivity contribution >= 4 is 17.6 Å². The number of aliphatic hydroxyl groups excluding tert-OH is 1. The minimum Gasteiger partial charge on any atom is -0.429 e. The molecular weight excluding hydrogens is 478 g/mol. The molecule has 37 heavy (non-hydrogen) atoms. The first kappa shape index (κ1) is 24.1. The molecule has 8 heteroatoms. The van der Waals surface area contributed by atoms with Crippen LogP contribution >= 0.6 is 0 Å². The summed E-state index contributed by atoms with van der Waals surface area (Å²) >= 11 is 0. The van der Waals surface area contributed by atoms with Gasteiger partial charge in [-0.25, -0.2) is 13.6 Å². The molecular formula is C29H22F2N2O4. The number of hydrogen-bond donors (Lipinski definition) is 2. The summed E-state index contributed by atoms with van der Waals surface area (Å²) < 4.78 is 34.3. The molecule has 5 rings (SSSR count). The van der Waals surface area contributed by atoms with E-state index in [0.717, 1.165) is 0 Å². The fourth-order valence-corrected chi connectivity index (χ4v) is 4.48. The molecule has 0 radical (unpaired) electrons. The number of benzene rings is 3. The zero-order valence-corrected chi connectivity index (χ0v) is 19.7. The molecule has 186 valence electrons. The molecule has 0 saturated carbocycles. The number of ether oxygens (including phenoxy) is 1. The molecule has 0 saturated heterocycles. The summed E-state index contributed by atoms with van der Waals surface area (Å²) in [4.78, 5) is 25.5. The number of para-hydroxylation sites is 1. The minimum absolute atomic E-state index is 0.0261. The first-order valence-corrected chi connectivity index (χ1v) is 11.5. The third-order valence-corrected chi connectivity index (χ3v) is 6.22. The largest absolute Gasteiger partial charge is 0.429 e. The van der Waals surface area contributed by atoms with E-state index in [1.54, 1.807) is 60.0 Å². The van der Waals surface area contributed by atoms with Gasteiger partial charge in [0.25, 0.3) is 5.91 Å². The highest BCUT2D eigenvalue weighted by atomic mass is 19.1. The standard InChI is InChI=1S/C29H22F2N2O4/c1-17-25(28(35)32-23-5-3-2-4-6-23)26(18-7-11-21(30)12-8-18)27(19-9-13-22(31)14-10-19)33(17)16-20-15-24(34)37-29(20)36/h2-15,29,36H,16H2,1H3,(H,32,35). The van der Waals surface area contributed by atoms with Crippen LogP contribution in [0.2, 0.25) is 0 Å². The zero-order valence-electron chi connectivity index (χ0n) is 19.7. The molecule has 0 bridgehead atoms. The maximum atomic E-state index is 13.8. The van der Waals surface area contributed by atoms with Crippen LogP contribution in [0, 0.1) is 18.6 Å². The van der Waals surface area contributed by atoms with Gasteiger partial charge in [-0.2, -0.15) is 0 Å². The maximum absolute atomic E-state index is 13.8. The maximum Gasteiger partial charge on any atom is 0.333 e. The monoisotopic (exact) mass is 500 g/mol. The third kappa shape index (κ3) is 4.79. The zero-order chi connectivity index (χ0) is 26.1. The molecule has 6 nitrogen and oxygen atoms in total. The highest BCUT2D eigenvalue weighted by Gasteiger charge is 2.30. The van der Waals surface area contributed by atoms with Crippen LogP contribution in [0.15, 0.2) is 90.5 Å². The van der Waals surface area contributed by atoms with Gasteiger partial charge >= 0.3 is 5.97 Å². The lowest BCUT2D eigenvalue weighted by molar-refractivity contribution is -0.151. The van der Waals surface area contributed by atoms with Crippen molar-refractivity contribution in [2.75, 3.05) is 5.32 Å². The van der Waals surface area contributed by atoms with Gasteiger partial charge < -0.3 is 19.7 Å². The molecule has 2 heterocycles. The summed E-state index contributed by atoms with van der Waals surface area (Å²) in [5.41, 5.74) is 3.91. The van der Waals surface area contributed by atoms with Gasteiger partial charge in [0.15, 0.2) is 0 Å². The van der Waals surface area contributed by atoms with Crippen LogP contribution in [0.25, 0.3) is 22.4 Å². The summed E-state index contributed by atoms with van der Waals surface area (Å²) in [6, 6.07) is 20.4. The number of aromatic nitrogens is 1. The number of esters is 1. The minimum atomic E-state index is -1.42. The molecule has 0 spiro atoms. The number of hydrogen-bond acceptors (Lipinski definition) is 4. The predicted octanol–water partition coefficient (Wildman–Crippen LogP) is 5.46. The van der Waals surface area contributed by atoms with Crippen molar-refractivity contribution in [1.82, 2.24) is 4.57 Å². The van der Waals surface area contributed by atoms with E-state index in [2.05, 4.69) is 5.32 Å². The summed E-state index contributed by atoms with van der Waals surface area (Å²) in [5.74, 6) is -1.94. The Morgan fingerprint density at radius 1 is 0.946 bits per heavy atom.